The second kappa shape index (κ2) is 5.53. The van der Waals surface area contributed by atoms with Crippen LogP contribution in [0.5, 0.6) is 0 Å². The maximum atomic E-state index is 5.69. The highest BCUT2D eigenvalue weighted by molar-refractivity contribution is 5.77. The molecule has 0 saturated heterocycles. The molecule has 0 atom stereocenters. The molecule has 0 saturated carbocycles. The minimum atomic E-state index is 0.451. The van der Waals surface area contributed by atoms with Gasteiger partial charge in [-0.3, -0.25) is 0 Å². The Hall–Kier alpha value is -1.52. The van der Waals surface area contributed by atoms with Crippen LogP contribution in [0.3, 0.4) is 0 Å². The molecule has 0 aliphatic heterocycles. The van der Waals surface area contributed by atoms with E-state index in [0.29, 0.717) is 12.5 Å². The third-order valence-corrected chi connectivity index (χ3v) is 2.24. The van der Waals surface area contributed by atoms with Crippen LogP contribution >= 0.6 is 0 Å². The third-order valence-electron chi connectivity index (χ3n) is 2.24. The molecule has 0 aliphatic rings. The number of hydrogen-bond donors (Lipinski definition) is 1. The average Bonchev–Trinajstić information content (AvgIpc) is 2.56. The second-order valence-corrected chi connectivity index (χ2v) is 3.94. The number of rotatable bonds is 4. The fourth-order valence-corrected chi connectivity index (χ4v) is 1.25. The molecule has 0 spiro atoms. The van der Waals surface area contributed by atoms with Gasteiger partial charge in [-0.15, -0.1) is 0 Å². The Morgan fingerprint density at radius 2 is 2.19 bits per heavy atom. The minimum Gasteiger partial charge on any atom is -0.443 e. The molecule has 0 fully saturated rings. The third kappa shape index (κ3) is 3.25. The van der Waals surface area contributed by atoms with Gasteiger partial charge in [0.2, 0.25) is 0 Å². The summed E-state index contributed by atoms with van der Waals surface area (Å²) in [6, 6.07) is 0. The van der Waals surface area contributed by atoms with Crippen LogP contribution in [0.2, 0.25) is 0 Å². The molecule has 90 valence electrons. The molecule has 0 aromatic carbocycles. The SMILES string of the molecule is CCCc1nc(C)c(CN=C(N)N(C)C)o1. The Morgan fingerprint density at radius 3 is 2.75 bits per heavy atom. The van der Waals surface area contributed by atoms with Crippen LogP contribution in [0.1, 0.15) is 30.7 Å². The number of aromatic nitrogens is 1. The molecule has 0 amide bonds. The zero-order valence-electron chi connectivity index (χ0n) is 10.4. The maximum absolute atomic E-state index is 5.69. The van der Waals surface area contributed by atoms with Crippen molar-refractivity contribution in [3.05, 3.63) is 17.3 Å². The van der Waals surface area contributed by atoms with Gasteiger partial charge in [-0.1, -0.05) is 6.92 Å². The van der Waals surface area contributed by atoms with Gasteiger partial charge in [0.1, 0.15) is 12.3 Å². The monoisotopic (exact) mass is 224 g/mol. The second-order valence-electron chi connectivity index (χ2n) is 3.94. The number of hydrogen-bond acceptors (Lipinski definition) is 3. The summed E-state index contributed by atoms with van der Waals surface area (Å²) >= 11 is 0. The van der Waals surface area contributed by atoms with Gasteiger partial charge in [0.05, 0.1) is 5.69 Å². The van der Waals surface area contributed by atoms with Crippen molar-refractivity contribution < 1.29 is 4.42 Å². The first-order valence-electron chi connectivity index (χ1n) is 5.47. The van der Waals surface area contributed by atoms with Crippen molar-refractivity contribution in [2.75, 3.05) is 14.1 Å². The Kier molecular flexibility index (Phi) is 4.34. The van der Waals surface area contributed by atoms with Gasteiger partial charge >= 0.3 is 0 Å². The molecule has 0 bridgehead atoms. The number of aliphatic imine (C=N–C) groups is 1. The molecule has 1 heterocycles. The van der Waals surface area contributed by atoms with Crippen molar-refractivity contribution in [1.82, 2.24) is 9.88 Å². The largest absolute Gasteiger partial charge is 0.443 e. The molecule has 5 nitrogen and oxygen atoms in total. The van der Waals surface area contributed by atoms with E-state index in [1.54, 1.807) is 4.90 Å². The normalized spacial score (nSPS) is 11.9. The molecule has 0 radical (unpaired) electrons. The summed E-state index contributed by atoms with van der Waals surface area (Å²) in [5.41, 5.74) is 6.60. The fourth-order valence-electron chi connectivity index (χ4n) is 1.25. The number of nitrogens with two attached hydrogens (primary N) is 1. The first kappa shape index (κ1) is 12.5. The lowest BCUT2D eigenvalue weighted by atomic mass is 10.3. The standard InChI is InChI=1S/C11H20N4O/c1-5-6-10-14-8(2)9(16-10)7-13-11(12)15(3)4/h5-7H2,1-4H3,(H2,12,13). The Labute approximate surface area is 96.4 Å². The van der Waals surface area contributed by atoms with Crippen LogP contribution in [-0.2, 0) is 13.0 Å². The summed E-state index contributed by atoms with van der Waals surface area (Å²) in [7, 11) is 3.71. The van der Waals surface area contributed by atoms with Crippen LogP contribution in [0.25, 0.3) is 0 Å². The van der Waals surface area contributed by atoms with E-state index in [2.05, 4.69) is 16.9 Å². The van der Waals surface area contributed by atoms with Gasteiger partial charge in [0.15, 0.2) is 11.9 Å². The number of aryl methyl sites for hydroxylation is 2. The summed E-state index contributed by atoms with van der Waals surface area (Å²) < 4.78 is 5.59. The van der Waals surface area contributed by atoms with Crippen molar-refractivity contribution in [2.45, 2.75) is 33.2 Å². The average molecular weight is 224 g/mol. The highest BCUT2D eigenvalue weighted by Crippen LogP contribution is 2.12. The lowest BCUT2D eigenvalue weighted by Crippen LogP contribution is -2.30. The van der Waals surface area contributed by atoms with Crippen molar-refractivity contribution in [1.29, 1.82) is 0 Å². The lowest BCUT2D eigenvalue weighted by Gasteiger charge is -2.09. The van der Waals surface area contributed by atoms with E-state index in [1.807, 2.05) is 21.0 Å². The van der Waals surface area contributed by atoms with E-state index in [9.17, 15) is 0 Å². The van der Waals surface area contributed by atoms with Gasteiger partial charge in [-0.05, 0) is 13.3 Å². The number of nitrogens with zero attached hydrogens (tertiary/aromatic N) is 3. The molecule has 1 aromatic heterocycles. The molecule has 0 unspecified atom stereocenters. The number of guanidine groups is 1. The fraction of sp³-hybridized carbons (Fsp3) is 0.636. The van der Waals surface area contributed by atoms with E-state index < -0.39 is 0 Å². The van der Waals surface area contributed by atoms with Crippen LogP contribution in [-0.4, -0.2) is 29.9 Å². The predicted octanol–water partition coefficient (Wildman–Crippen LogP) is 1.31. The molecule has 5 heteroatoms. The smallest absolute Gasteiger partial charge is 0.194 e. The highest BCUT2D eigenvalue weighted by atomic mass is 16.4. The summed E-state index contributed by atoms with van der Waals surface area (Å²) in [5.74, 6) is 2.08. The summed E-state index contributed by atoms with van der Waals surface area (Å²) in [4.78, 5) is 10.3. The van der Waals surface area contributed by atoms with Gasteiger partial charge < -0.3 is 15.1 Å². The summed E-state index contributed by atoms with van der Waals surface area (Å²) in [6.45, 7) is 4.48. The molecular formula is C11H20N4O. The Balaban J connectivity index is 2.70. The molecule has 1 aromatic rings. The molecule has 16 heavy (non-hydrogen) atoms. The van der Waals surface area contributed by atoms with Gasteiger partial charge in [0, 0.05) is 20.5 Å². The Bertz CT molecular complexity index is 368. The zero-order chi connectivity index (χ0) is 12.1. The first-order chi connectivity index (χ1) is 7.54. The van der Waals surface area contributed by atoms with E-state index in [1.165, 1.54) is 0 Å². The van der Waals surface area contributed by atoms with Gasteiger partial charge in [-0.25, -0.2) is 9.98 Å². The molecule has 1 rings (SSSR count). The molecule has 0 aliphatic carbocycles. The maximum Gasteiger partial charge on any atom is 0.194 e. The first-order valence-corrected chi connectivity index (χ1v) is 5.47. The quantitative estimate of drug-likeness (QED) is 0.618. The van der Waals surface area contributed by atoms with E-state index in [-0.39, 0.29) is 0 Å². The van der Waals surface area contributed by atoms with E-state index >= 15 is 0 Å². The molecule has 2 N–H and O–H groups in total. The van der Waals surface area contributed by atoms with Crippen molar-refractivity contribution in [2.24, 2.45) is 10.7 Å². The van der Waals surface area contributed by atoms with Gasteiger partial charge in [0.25, 0.3) is 0 Å². The summed E-state index contributed by atoms with van der Waals surface area (Å²) in [6.07, 6.45) is 1.90. The van der Waals surface area contributed by atoms with Crippen molar-refractivity contribution in [3.8, 4) is 0 Å². The van der Waals surface area contributed by atoms with Crippen LogP contribution in [0.4, 0.5) is 0 Å². The lowest BCUT2D eigenvalue weighted by molar-refractivity contribution is 0.452. The van der Waals surface area contributed by atoms with Crippen LogP contribution in [0, 0.1) is 6.92 Å². The Morgan fingerprint density at radius 1 is 1.50 bits per heavy atom. The minimum absolute atomic E-state index is 0.451. The van der Waals surface area contributed by atoms with Crippen LogP contribution < -0.4 is 5.73 Å². The summed E-state index contributed by atoms with van der Waals surface area (Å²) in [5, 5.41) is 0. The van der Waals surface area contributed by atoms with E-state index in [4.69, 9.17) is 10.2 Å². The van der Waals surface area contributed by atoms with Crippen molar-refractivity contribution in [3.63, 3.8) is 0 Å². The number of oxazole rings is 1. The molecular weight excluding hydrogens is 204 g/mol. The van der Waals surface area contributed by atoms with Crippen molar-refractivity contribution >= 4 is 5.96 Å². The zero-order valence-corrected chi connectivity index (χ0v) is 10.4. The predicted molar refractivity (Wildman–Crippen MR) is 64.2 cm³/mol. The van der Waals surface area contributed by atoms with Crippen LogP contribution in [0.15, 0.2) is 9.41 Å². The van der Waals surface area contributed by atoms with Gasteiger partial charge in [-0.2, -0.15) is 0 Å². The highest BCUT2D eigenvalue weighted by Gasteiger charge is 2.08. The topological polar surface area (TPSA) is 67.7 Å². The van der Waals surface area contributed by atoms with E-state index in [0.717, 1.165) is 30.2 Å².